The van der Waals surface area contributed by atoms with Gasteiger partial charge in [-0.25, -0.2) is 0 Å². The van der Waals surface area contributed by atoms with Crippen molar-refractivity contribution >= 4 is 8.80 Å². The van der Waals surface area contributed by atoms with Crippen molar-refractivity contribution in [3.05, 3.63) is 0 Å². The van der Waals surface area contributed by atoms with E-state index in [9.17, 15) is 0 Å². The van der Waals surface area contributed by atoms with Gasteiger partial charge in [-0.1, -0.05) is 40.0 Å². The molecule has 0 atom stereocenters. The van der Waals surface area contributed by atoms with E-state index in [1.165, 1.54) is 32.1 Å². The van der Waals surface area contributed by atoms with Crippen LogP contribution < -0.4 is 0 Å². The molecule has 114 valence electrons. The second-order valence-corrected chi connectivity index (χ2v) is 8.37. The van der Waals surface area contributed by atoms with E-state index in [1.54, 1.807) is 0 Å². The first-order chi connectivity index (χ1) is 9.29. The van der Waals surface area contributed by atoms with Gasteiger partial charge in [0.05, 0.1) is 0 Å². The van der Waals surface area contributed by atoms with Crippen LogP contribution in [0.3, 0.4) is 0 Å². The molecule has 0 N–H and O–H groups in total. The van der Waals surface area contributed by atoms with Crippen LogP contribution in [0.5, 0.6) is 0 Å². The monoisotopic (exact) mass is 288 g/mol. The molecular formula is C15H32O3Si. The summed E-state index contributed by atoms with van der Waals surface area (Å²) in [5, 5.41) is 0. The molecule has 0 saturated heterocycles. The number of hydrogen-bond acceptors (Lipinski definition) is 3. The molecule has 0 unspecified atom stereocenters. The van der Waals surface area contributed by atoms with E-state index in [0.717, 1.165) is 39.1 Å². The average molecular weight is 289 g/mol. The van der Waals surface area contributed by atoms with Crippen molar-refractivity contribution in [3.8, 4) is 0 Å². The summed E-state index contributed by atoms with van der Waals surface area (Å²) in [5.41, 5.74) is 0.582. The highest BCUT2D eigenvalue weighted by molar-refractivity contribution is 6.63. The summed E-state index contributed by atoms with van der Waals surface area (Å²) >= 11 is 0. The summed E-state index contributed by atoms with van der Waals surface area (Å²) in [5.74, 6) is 0. The molecule has 0 aromatic heterocycles. The van der Waals surface area contributed by atoms with Crippen molar-refractivity contribution in [2.24, 2.45) is 0 Å². The predicted molar refractivity (Wildman–Crippen MR) is 81.3 cm³/mol. The van der Waals surface area contributed by atoms with Crippen molar-refractivity contribution in [2.45, 2.75) is 77.7 Å². The van der Waals surface area contributed by atoms with Gasteiger partial charge in [0, 0.05) is 25.4 Å². The van der Waals surface area contributed by atoms with Crippen molar-refractivity contribution in [2.75, 3.05) is 19.8 Å². The van der Waals surface area contributed by atoms with Gasteiger partial charge in [-0.3, -0.25) is 0 Å². The minimum Gasteiger partial charge on any atom is -0.373 e. The van der Waals surface area contributed by atoms with E-state index in [0.29, 0.717) is 5.54 Å². The molecule has 1 rings (SSSR count). The van der Waals surface area contributed by atoms with Gasteiger partial charge < -0.3 is 13.3 Å². The maximum absolute atomic E-state index is 6.18. The van der Waals surface area contributed by atoms with Gasteiger partial charge >= 0.3 is 8.80 Å². The smallest absolute Gasteiger partial charge is 0.373 e. The van der Waals surface area contributed by atoms with Crippen LogP contribution in [-0.2, 0) is 13.3 Å². The zero-order valence-electron chi connectivity index (χ0n) is 13.1. The lowest BCUT2D eigenvalue weighted by atomic mass is 10.4. The van der Waals surface area contributed by atoms with Crippen LogP contribution in [0.4, 0.5) is 0 Å². The van der Waals surface area contributed by atoms with Crippen LogP contribution in [0.1, 0.15) is 72.1 Å². The Hall–Kier alpha value is 0.0969. The first-order valence-corrected chi connectivity index (χ1v) is 10.0. The van der Waals surface area contributed by atoms with Crippen LogP contribution in [0.25, 0.3) is 0 Å². The summed E-state index contributed by atoms with van der Waals surface area (Å²) in [6, 6.07) is 0. The van der Waals surface area contributed by atoms with E-state index in [-0.39, 0.29) is 0 Å². The fourth-order valence-electron chi connectivity index (χ4n) is 1.99. The molecule has 1 fully saturated rings. The quantitative estimate of drug-likeness (QED) is 0.368. The van der Waals surface area contributed by atoms with E-state index in [4.69, 9.17) is 13.3 Å². The van der Waals surface area contributed by atoms with E-state index < -0.39 is 8.80 Å². The SMILES string of the molecule is CCCCO[Si](OCCCC)(OCCCC)C1CC1. The zero-order valence-corrected chi connectivity index (χ0v) is 14.1. The number of hydrogen-bond donors (Lipinski definition) is 0. The maximum atomic E-state index is 6.18. The first kappa shape index (κ1) is 17.1. The number of unbranched alkanes of at least 4 members (excludes halogenated alkanes) is 3. The molecule has 0 radical (unpaired) electrons. The Bertz CT molecular complexity index is 193. The summed E-state index contributed by atoms with van der Waals surface area (Å²) in [4.78, 5) is 0. The van der Waals surface area contributed by atoms with Crippen molar-refractivity contribution in [3.63, 3.8) is 0 Å². The third kappa shape index (κ3) is 6.39. The van der Waals surface area contributed by atoms with E-state index >= 15 is 0 Å². The highest BCUT2D eigenvalue weighted by Gasteiger charge is 2.55. The van der Waals surface area contributed by atoms with Crippen LogP contribution >= 0.6 is 0 Å². The number of rotatable bonds is 13. The van der Waals surface area contributed by atoms with Crippen LogP contribution in [0.2, 0.25) is 5.54 Å². The predicted octanol–water partition coefficient (Wildman–Crippen LogP) is 4.54. The van der Waals surface area contributed by atoms with Gasteiger partial charge in [0.2, 0.25) is 0 Å². The minimum absolute atomic E-state index is 0.582. The van der Waals surface area contributed by atoms with Crippen LogP contribution in [-0.4, -0.2) is 28.6 Å². The van der Waals surface area contributed by atoms with Gasteiger partial charge in [0.15, 0.2) is 0 Å². The molecule has 0 aromatic carbocycles. The van der Waals surface area contributed by atoms with Gasteiger partial charge in [-0.15, -0.1) is 0 Å². The lowest BCUT2D eigenvalue weighted by Crippen LogP contribution is -2.47. The third-order valence-electron chi connectivity index (χ3n) is 3.48. The van der Waals surface area contributed by atoms with Gasteiger partial charge in [0.1, 0.15) is 0 Å². The maximum Gasteiger partial charge on any atom is 0.504 e. The van der Waals surface area contributed by atoms with Gasteiger partial charge in [-0.05, 0) is 32.1 Å². The van der Waals surface area contributed by atoms with Crippen molar-refractivity contribution in [1.29, 1.82) is 0 Å². The van der Waals surface area contributed by atoms with Crippen LogP contribution in [0, 0.1) is 0 Å². The Morgan fingerprint density at radius 3 is 1.37 bits per heavy atom. The lowest BCUT2D eigenvalue weighted by molar-refractivity contribution is 0.0545. The Kier molecular flexibility index (Phi) is 8.95. The largest absolute Gasteiger partial charge is 0.504 e. The highest BCUT2D eigenvalue weighted by atomic mass is 28.4. The summed E-state index contributed by atoms with van der Waals surface area (Å²) in [6.07, 6.45) is 9.28. The fourth-order valence-corrected chi connectivity index (χ4v) is 5.11. The second-order valence-electron chi connectivity index (χ2n) is 5.48. The van der Waals surface area contributed by atoms with Crippen LogP contribution in [0.15, 0.2) is 0 Å². The molecule has 1 aliphatic carbocycles. The molecule has 0 amide bonds. The second kappa shape index (κ2) is 9.92. The van der Waals surface area contributed by atoms with Crippen molar-refractivity contribution < 1.29 is 13.3 Å². The summed E-state index contributed by atoms with van der Waals surface area (Å²) in [6.45, 7) is 8.99. The molecule has 1 saturated carbocycles. The molecule has 3 nitrogen and oxygen atoms in total. The summed E-state index contributed by atoms with van der Waals surface area (Å²) < 4.78 is 18.5. The van der Waals surface area contributed by atoms with E-state index in [1.807, 2.05) is 0 Å². The molecule has 0 bridgehead atoms. The molecule has 0 aromatic rings. The average Bonchev–Trinajstić information content (AvgIpc) is 3.23. The standard InChI is InChI=1S/C15H32O3Si/c1-4-7-12-16-19(15-10-11-15,17-13-8-5-2)18-14-9-6-3/h15H,4-14H2,1-3H3. The topological polar surface area (TPSA) is 27.7 Å². The Morgan fingerprint density at radius 2 is 1.11 bits per heavy atom. The molecule has 19 heavy (non-hydrogen) atoms. The first-order valence-electron chi connectivity index (χ1n) is 8.20. The summed E-state index contributed by atoms with van der Waals surface area (Å²) in [7, 11) is -2.37. The molecule has 0 heterocycles. The highest BCUT2D eigenvalue weighted by Crippen LogP contribution is 2.47. The fraction of sp³-hybridized carbons (Fsp3) is 1.00. The molecular weight excluding hydrogens is 256 g/mol. The van der Waals surface area contributed by atoms with E-state index in [2.05, 4.69) is 20.8 Å². The Labute approximate surface area is 120 Å². The van der Waals surface area contributed by atoms with Gasteiger partial charge in [-0.2, -0.15) is 0 Å². The third-order valence-corrected chi connectivity index (χ3v) is 6.88. The zero-order chi connectivity index (χ0) is 14.0. The minimum atomic E-state index is -2.37. The van der Waals surface area contributed by atoms with Crippen molar-refractivity contribution in [1.82, 2.24) is 0 Å². The Balaban J connectivity index is 2.49. The Morgan fingerprint density at radius 1 is 0.737 bits per heavy atom. The normalized spacial score (nSPS) is 15.9. The van der Waals surface area contributed by atoms with Gasteiger partial charge in [0.25, 0.3) is 0 Å². The lowest BCUT2D eigenvalue weighted by Gasteiger charge is -2.30. The molecule has 4 heteroatoms. The molecule has 0 spiro atoms. The molecule has 1 aliphatic rings. The molecule has 0 aliphatic heterocycles.